The molecule has 0 atom stereocenters. The number of aryl methyl sites for hydroxylation is 1. The van der Waals surface area contributed by atoms with Crippen LogP contribution in [-0.4, -0.2) is 31.9 Å². The van der Waals surface area contributed by atoms with Gasteiger partial charge in [-0.25, -0.2) is 8.42 Å². The fourth-order valence-electron chi connectivity index (χ4n) is 2.54. The third kappa shape index (κ3) is 3.79. The summed E-state index contributed by atoms with van der Waals surface area (Å²) in [5, 5.41) is 2.78. The molecule has 118 valence electrons. The van der Waals surface area contributed by atoms with E-state index in [1.807, 2.05) is 12.1 Å². The van der Waals surface area contributed by atoms with E-state index in [0.717, 1.165) is 36.3 Å². The number of halogens is 1. The lowest BCUT2D eigenvalue weighted by Gasteiger charge is -2.38. The van der Waals surface area contributed by atoms with E-state index in [9.17, 15) is 13.2 Å². The number of nitrogens with one attached hydrogen (secondary N) is 1. The fraction of sp³-hybridized carbons (Fsp3) is 0.643. The summed E-state index contributed by atoms with van der Waals surface area (Å²) in [7, 11) is -3.33. The predicted molar refractivity (Wildman–Crippen MR) is 86.7 cm³/mol. The summed E-state index contributed by atoms with van der Waals surface area (Å²) >= 11 is 7.43. The number of amides is 1. The number of thiophene rings is 1. The lowest BCUT2D eigenvalue weighted by molar-refractivity contribution is -0.125. The molecule has 1 fully saturated rings. The molecule has 2 rings (SSSR count). The highest BCUT2D eigenvalue weighted by atomic mass is 35.5. The molecule has 1 saturated carbocycles. The molecule has 1 aliphatic rings. The zero-order valence-corrected chi connectivity index (χ0v) is 14.4. The molecule has 1 heterocycles. The van der Waals surface area contributed by atoms with Gasteiger partial charge in [0.15, 0.2) is 9.84 Å². The van der Waals surface area contributed by atoms with Gasteiger partial charge in [0, 0.05) is 17.7 Å². The van der Waals surface area contributed by atoms with Crippen LogP contribution in [-0.2, 0) is 21.1 Å². The summed E-state index contributed by atoms with van der Waals surface area (Å²) in [6.07, 6.45) is 5.58. The highest BCUT2D eigenvalue weighted by Gasteiger charge is 2.52. The Bertz CT molecular complexity index is 605. The van der Waals surface area contributed by atoms with Crippen molar-refractivity contribution in [3.05, 3.63) is 21.3 Å². The van der Waals surface area contributed by atoms with Gasteiger partial charge < -0.3 is 5.32 Å². The highest BCUT2D eigenvalue weighted by molar-refractivity contribution is 7.93. The van der Waals surface area contributed by atoms with Crippen LogP contribution >= 0.6 is 22.9 Å². The summed E-state index contributed by atoms with van der Waals surface area (Å²) in [5.41, 5.74) is 0. The second kappa shape index (κ2) is 6.67. The van der Waals surface area contributed by atoms with Crippen molar-refractivity contribution in [3.8, 4) is 0 Å². The Hall–Kier alpha value is -0.590. The average molecular weight is 350 g/mol. The van der Waals surface area contributed by atoms with Gasteiger partial charge in [0.05, 0.1) is 4.34 Å². The van der Waals surface area contributed by atoms with E-state index in [1.165, 1.54) is 4.88 Å². The Labute approximate surface area is 134 Å². The molecule has 0 aromatic carbocycles. The molecule has 0 aliphatic heterocycles. The number of carbonyl (C=O) groups is 1. The first-order chi connectivity index (χ1) is 9.85. The van der Waals surface area contributed by atoms with Gasteiger partial charge in [-0.1, -0.05) is 11.6 Å². The van der Waals surface area contributed by atoms with Gasteiger partial charge in [0.25, 0.3) is 0 Å². The maximum atomic E-state index is 12.1. The Morgan fingerprint density at radius 3 is 2.57 bits per heavy atom. The van der Waals surface area contributed by atoms with Crippen molar-refractivity contribution >= 4 is 38.7 Å². The van der Waals surface area contributed by atoms with Gasteiger partial charge in [-0.2, -0.15) is 0 Å². The van der Waals surface area contributed by atoms with Crippen molar-refractivity contribution in [1.82, 2.24) is 5.32 Å². The topological polar surface area (TPSA) is 63.2 Å². The number of unbranched alkanes of at least 4 members (excludes halogenated alkanes) is 1. The molecule has 0 bridgehead atoms. The zero-order chi connectivity index (χ0) is 15.5. The minimum absolute atomic E-state index is 0.324. The molecule has 0 radical (unpaired) electrons. The van der Waals surface area contributed by atoms with Gasteiger partial charge in [-0.3, -0.25) is 4.79 Å². The number of hydrogen-bond donors (Lipinski definition) is 1. The third-order valence-corrected chi connectivity index (χ3v) is 7.35. The first kappa shape index (κ1) is 16.8. The largest absolute Gasteiger partial charge is 0.355 e. The molecule has 0 spiro atoms. The molecular formula is C14H20ClNO3S2. The standard InChI is InChI=1S/C14H20ClNO3S2/c1-21(18,19)14(8-4-9-14)13(17)16-10-3-2-5-11-6-7-12(15)20-11/h6-7H,2-5,8-10H2,1H3,(H,16,17). The number of carbonyl (C=O) groups excluding carboxylic acids is 1. The summed E-state index contributed by atoms with van der Waals surface area (Å²) in [6, 6.07) is 3.90. The molecule has 4 nitrogen and oxygen atoms in total. The van der Waals surface area contributed by atoms with E-state index in [1.54, 1.807) is 11.3 Å². The third-order valence-electron chi connectivity index (χ3n) is 4.05. The van der Waals surface area contributed by atoms with Crippen molar-refractivity contribution in [2.24, 2.45) is 0 Å². The van der Waals surface area contributed by atoms with Crippen molar-refractivity contribution < 1.29 is 13.2 Å². The SMILES string of the molecule is CS(=O)(=O)C1(C(=O)NCCCCc2ccc(Cl)s2)CCC1. The molecule has 1 amide bonds. The molecule has 21 heavy (non-hydrogen) atoms. The molecule has 7 heteroatoms. The van der Waals surface area contributed by atoms with Crippen LogP contribution in [0.15, 0.2) is 12.1 Å². The van der Waals surface area contributed by atoms with Gasteiger partial charge in [0.1, 0.15) is 4.75 Å². The van der Waals surface area contributed by atoms with Crippen LogP contribution in [0.1, 0.15) is 37.0 Å². The zero-order valence-electron chi connectivity index (χ0n) is 12.0. The molecular weight excluding hydrogens is 330 g/mol. The monoisotopic (exact) mass is 349 g/mol. The smallest absolute Gasteiger partial charge is 0.241 e. The Balaban J connectivity index is 1.72. The van der Waals surface area contributed by atoms with Gasteiger partial charge in [-0.05, 0) is 50.7 Å². The Morgan fingerprint density at radius 2 is 2.10 bits per heavy atom. The average Bonchev–Trinajstić information content (AvgIpc) is 2.71. The molecule has 1 N–H and O–H groups in total. The molecule has 0 unspecified atom stereocenters. The van der Waals surface area contributed by atoms with Crippen LogP contribution in [0.5, 0.6) is 0 Å². The van der Waals surface area contributed by atoms with Crippen LogP contribution in [0.4, 0.5) is 0 Å². The van der Waals surface area contributed by atoms with E-state index in [4.69, 9.17) is 11.6 Å². The van der Waals surface area contributed by atoms with E-state index < -0.39 is 14.6 Å². The van der Waals surface area contributed by atoms with E-state index in [-0.39, 0.29) is 5.91 Å². The van der Waals surface area contributed by atoms with E-state index in [0.29, 0.717) is 19.4 Å². The maximum Gasteiger partial charge on any atom is 0.241 e. The lowest BCUT2D eigenvalue weighted by atomic mass is 9.83. The summed E-state index contributed by atoms with van der Waals surface area (Å²) in [6.45, 7) is 0.523. The lowest BCUT2D eigenvalue weighted by Crippen LogP contribution is -2.56. The predicted octanol–water partition coefficient (Wildman–Crippen LogP) is 2.81. The van der Waals surface area contributed by atoms with Crippen molar-refractivity contribution in [2.75, 3.05) is 12.8 Å². The Morgan fingerprint density at radius 1 is 1.38 bits per heavy atom. The molecule has 1 aliphatic carbocycles. The van der Waals surface area contributed by atoms with Crippen LogP contribution in [0.3, 0.4) is 0 Å². The van der Waals surface area contributed by atoms with E-state index >= 15 is 0 Å². The minimum atomic E-state index is -3.33. The second-order valence-electron chi connectivity index (χ2n) is 5.54. The minimum Gasteiger partial charge on any atom is -0.355 e. The first-order valence-corrected chi connectivity index (χ1v) is 10.2. The van der Waals surface area contributed by atoms with Crippen LogP contribution in [0.25, 0.3) is 0 Å². The van der Waals surface area contributed by atoms with Crippen molar-refractivity contribution in [1.29, 1.82) is 0 Å². The number of hydrogen-bond acceptors (Lipinski definition) is 4. The van der Waals surface area contributed by atoms with Gasteiger partial charge in [0.2, 0.25) is 5.91 Å². The quantitative estimate of drug-likeness (QED) is 0.770. The van der Waals surface area contributed by atoms with Gasteiger partial charge >= 0.3 is 0 Å². The summed E-state index contributed by atoms with van der Waals surface area (Å²) in [4.78, 5) is 13.4. The number of sulfone groups is 1. The molecule has 1 aromatic rings. The Kier molecular flexibility index (Phi) is 5.33. The van der Waals surface area contributed by atoms with Crippen molar-refractivity contribution in [2.45, 2.75) is 43.3 Å². The maximum absolute atomic E-state index is 12.1. The highest BCUT2D eigenvalue weighted by Crippen LogP contribution is 2.39. The molecule has 0 saturated heterocycles. The first-order valence-electron chi connectivity index (χ1n) is 7.07. The fourth-order valence-corrected chi connectivity index (χ4v) is 5.11. The second-order valence-corrected chi connectivity index (χ2v) is 9.66. The van der Waals surface area contributed by atoms with Gasteiger partial charge in [-0.15, -0.1) is 11.3 Å². The van der Waals surface area contributed by atoms with Crippen LogP contribution in [0, 0.1) is 0 Å². The van der Waals surface area contributed by atoms with E-state index in [2.05, 4.69) is 5.32 Å². The molecule has 1 aromatic heterocycles. The normalized spacial score (nSPS) is 17.2. The number of rotatable bonds is 7. The van der Waals surface area contributed by atoms with Crippen LogP contribution < -0.4 is 5.32 Å². The van der Waals surface area contributed by atoms with Crippen molar-refractivity contribution in [3.63, 3.8) is 0 Å². The summed E-state index contributed by atoms with van der Waals surface area (Å²) < 4.78 is 23.2. The van der Waals surface area contributed by atoms with Crippen LogP contribution in [0.2, 0.25) is 4.34 Å². The summed E-state index contributed by atoms with van der Waals surface area (Å²) in [5.74, 6) is -0.324.